The average molecular weight is 299 g/mol. The summed E-state index contributed by atoms with van der Waals surface area (Å²) in [6.07, 6.45) is 1.85. The highest BCUT2D eigenvalue weighted by atomic mass is 32.1. The summed E-state index contributed by atoms with van der Waals surface area (Å²) in [6, 6.07) is 2.02. The summed E-state index contributed by atoms with van der Waals surface area (Å²) < 4.78 is 0. The minimum absolute atomic E-state index is 0.448. The van der Waals surface area contributed by atoms with Gasteiger partial charge in [0.15, 0.2) is 6.04 Å². The predicted molar refractivity (Wildman–Crippen MR) is 79.0 cm³/mol. The Bertz CT molecular complexity index is 421. The van der Waals surface area contributed by atoms with Crippen molar-refractivity contribution in [3.63, 3.8) is 0 Å². The number of carboxylic acids is 1. The van der Waals surface area contributed by atoms with Crippen LogP contribution in [0, 0.1) is 0 Å². The van der Waals surface area contributed by atoms with E-state index in [1.54, 1.807) is 17.5 Å². The number of unbranched alkanes of at least 4 members (excludes halogenated alkanes) is 1. The summed E-state index contributed by atoms with van der Waals surface area (Å²) in [5.74, 6) is -1.06. The van der Waals surface area contributed by atoms with Gasteiger partial charge in [-0.25, -0.2) is 9.59 Å². The molecule has 1 heterocycles. The average Bonchev–Trinajstić information content (AvgIpc) is 2.88. The van der Waals surface area contributed by atoms with Gasteiger partial charge >= 0.3 is 12.0 Å². The Balaban J connectivity index is 2.31. The molecule has 20 heavy (non-hydrogen) atoms. The number of urea groups is 1. The summed E-state index contributed by atoms with van der Waals surface area (Å²) in [6.45, 7) is 1.51. The number of nitrogens with zero attached hydrogens (tertiary/aromatic N) is 1. The molecule has 1 aromatic heterocycles. The quantitative estimate of drug-likeness (QED) is 0.636. The molecule has 1 atom stereocenters. The fourth-order valence-corrected chi connectivity index (χ4v) is 2.41. The van der Waals surface area contributed by atoms with Crippen LogP contribution in [0.4, 0.5) is 4.79 Å². The fraction of sp³-hybridized carbons (Fsp3) is 0.538. The molecule has 1 rings (SSSR count). The Morgan fingerprint density at radius 1 is 1.40 bits per heavy atom. The fourth-order valence-electron chi connectivity index (χ4n) is 1.65. The number of nitrogens with one attached hydrogen (secondary N) is 2. The van der Waals surface area contributed by atoms with Crippen molar-refractivity contribution in [2.75, 3.05) is 27.2 Å². The highest BCUT2D eigenvalue weighted by Gasteiger charge is 2.22. The van der Waals surface area contributed by atoms with Gasteiger partial charge in [-0.2, -0.15) is 0 Å². The van der Waals surface area contributed by atoms with Gasteiger partial charge in [-0.3, -0.25) is 0 Å². The lowest BCUT2D eigenvalue weighted by atomic mass is 10.2. The first kappa shape index (κ1) is 16.5. The third kappa shape index (κ3) is 6.03. The topological polar surface area (TPSA) is 81.7 Å². The molecule has 0 aliphatic heterocycles. The molecule has 0 aromatic carbocycles. The second-order valence-corrected chi connectivity index (χ2v) is 5.68. The zero-order valence-electron chi connectivity index (χ0n) is 11.8. The summed E-state index contributed by atoms with van der Waals surface area (Å²) in [5.41, 5.74) is 0. The normalized spacial score (nSPS) is 12.2. The lowest BCUT2D eigenvalue weighted by Crippen LogP contribution is -2.41. The number of rotatable bonds is 8. The van der Waals surface area contributed by atoms with Gasteiger partial charge in [-0.05, 0) is 44.9 Å². The van der Waals surface area contributed by atoms with Crippen molar-refractivity contribution in [3.8, 4) is 0 Å². The molecule has 0 fully saturated rings. The van der Waals surface area contributed by atoms with E-state index in [1.165, 1.54) is 11.3 Å². The maximum atomic E-state index is 11.7. The second kappa shape index (κ2) is 8.55. The molecule has 0 aliphatic carbocycles. The van der Waals surface area contributed by atoms with Gasteiger partial charge in [0, 0.05) is 11.4 Å². The van der Waals surface area contributed by atoms with Crippen LogP contribution in [0.15, 0.2) is 17.5 Å². The van der Waals surface area contributed by atoms with Gasteiger partial charge in [0.1, 0.15) is 0 Å². The molecule has 6 nitrogen and oxygen atoms in total. The van der Waals surface area contributed by atoms with Crippen LogP contribution < -0.4 is 10.6 Å². The van der Waals surface area contributed by atoms with E-state index in [2.05, 4.69) is 15.5 Å². The molecule has 0 radical (unpaired) electrons. The Hall–Kier alpha value is -1.60. The Labute approximate surface area is 122 Å². The van der Waals surface area contributed by atoms with Crippen LogP contribution in [0.5, 0.6) is 0 Å². The molecule has 1 unspecified atom stereocenters. The lowest BCUT2D eigenvalue weighted by molar-refractivity contribution is -0.139. The van der Waals surface area contributed by atoms with Gasteiger partial charge < -0.3 is 20.6 Å². The molecular formula is C13H21N3O3S. The van der Waals surface area contributed by atoms with E-state index in [0.717, 1.165) is 19.4 Å². The third-order valence-electron chi connectivity index (χ3n) is 2.67. The molecule has 0 bridgehead atoms. The van der Waals surface area contributed by atoms with Gasteiger partial charge in [0.2, 0.25) is 0 Å². The minimum atomic E-state index is -1.06. The van der Waals surface area contributed by atoms with Crippen molar-refractivity contribution in [3.05, 3.63) is 22.4 Å². The van der Waals surface area contributed by atoms with Crippen LogP contribution >= 0.6 is 11.3 Å². The predicted octanol–water partition coefficient (Wildman–Crippen LogP) is 1.51. The van der Waals surface area contributed by atoms with Crippen LogP contribution in [0.3, 0.4) is 0 Å². The van der Waals surface area contributed by atoms with Gasteiger partial charge in [0.05, 0.1) is 0 Å². The van der Waals surface area contributed by atoms with Crippen LogP contribution in [-0.4, -0.2) is 49.2 Å². The molecule has 1 aromatic rings. The van der Waals surface area contributed by atoms with Gasteiger partial charge in [0.25, 0.3) is 0 Å². The van der Waals surface area contributed by atoms with E-state index in [-0.39, 0.29) is 0 Å². The van der Waals surface area contributed by atoms with Crippen LogP contribution in [0.25, 0.3) is 0 Å². The van der Waals surface area contributed by atoms with Crippen molar-refractivity contribution < 1.29 is 14.7 Å². The number of carbonyl (C=O) groups is 2. The summed E-state index contributed by atoms with van der Waals surface area (Å²) >= 11 is 1.31. The standard InChI is InChI=1S/C13H21N3O3S/c1-16(2)8-4-3-7-14-13(19)15-11(12(17)18)10-6-5-9-20-10/h5-6,9,11H,3-4,7-8H2,1-2H3,(H,17,18)(H2,14,15,19). The van der Waals surface area contributed by atoms with Crippen LogP contribution in [0.1, 0.15) is 23.8 Å². The zero-order chi connectivity index (χ0) is 15.0. The SMILES string of the molecule is CN(C)CCCCNC(=O)NC(C(=O)O)c1cccs1. The molecule has 3 N–H and O–H groups in total. The molecule has 112 valence electrons. The monoisotopic (exact) mass is 299 g/mol. The van der Waals surface area contributed by atoms with Crippen molar-refractivity contribution in [1.82, 2.24) is 15.5 Å². The first-order chi connectivity index (χ1) is 9.50. The van der Waals surface area contributed by atoms with Crippen LogP contribution in [0.2, 0.25) is 0 Å². The van der Waals surface area contributed by atoms with Crippen LogP contribution in [-0.2, 0) is 4.79 Å². The molecule has 0 saturated heterocycles. The lowest BCUT2D eigenvalue weighted by Gasteiger charge is -2.14. The first-order valence-corrected chi connectivity index (χ1v) is 7.34. The van der Waals surface area contributed by atoms with E-state index >= 15 is 0 Å². The smallest absolute Gasteiger partial charge is 0.331 e. The van der Waals surface area contributed by atoms with Crippen molar-refractivity contribution in [2.45, 2.75) is 18.9 Å². The van der Waals surface area contributed by atoms with Gasteiger partial charge in [-0.1, -0.05) is 6.07 Å². The molecule has 2 amide bonds. The molecule has 0 aliphatic rings. The Kier molecular flexibility index (Phi) is 7.03. The molecule has 0 spiro atoms. The highest BCUT2D eigenvalue weighted by molar-refractivity contribution is 7.10. The first-order valence-electron chi connectivity index (χ1n) is 6.46. The largest absolute Gasteiger partial charge is 0.479 e. The zero-order valence-corrected chi connectivity index (χ0v) is 12.6. The van der Waals surface area contributed by atoms with E-state index < -0.39 is 18.0 Å². The minimum Gasteiger partial charge on any atom is -0.479 e. The molecule has 0 saturated carbocycles. The number of hydrogen-bond acceptors (Lipinski definition) is 4. The second-order valence-electron chi connectivity index (χ2n) is 4.70. The van der Waals surface area contributed by atoms with E-state index in [0.29, 0.717) is 11.4 Å². The molecular weight excluding hydrogens is 278 g/mol. The number of carboxylic acid groups (broad SMARTS) is 1. The summed E-state index contributed by atoms with van der Waals surface area (Å²) in [4.78, 5) is 25.5. The van der Waals surface area contributed by atoms with Crippen molar-refractivity contribution in [1.29, 1.82) is 0 Å². The number of thiophene rings is 1. The van der Waals surface area contributed by atoms with E-state index in [1.807, 2.05) is 14.1 Å². The summed E-state index contributed by atoms with van der Waals surface area (Å²) in [5, 5.41) is 16.1. The maximum Gasteiger partial charge on any atom is 0.331 e. The number of carbonyl (C=O) groups excluding carboxylic acids is 1. The number of amides is 2. The Morgan fingerprint density at radius 3 is 2.70 bits per heavy atom. The maximum absolute atomic E-state index is 11.7. The van der Waals surface area contributed by atoms with Crippen molar-refractivity contribution >= 4 is 23.3 Å². The Morgan fingerprint density at radius 2 is 2.15 bits per heavy atom. The number of aliphatic carboxylic acids is 1. The number of hydrogen-bond donors (Lipinski definition) is 3. The van der Waals surface area contributed by atoms with Gasteiger partial charge in [-0.15, -0.1) is 11.3 Å². The van der Waals surface area contributed by atoms with Crippen molar-refractivity contribution in [2.24, 2.45) is 0 Å². The van der Waals surface area contributed by atoms with E-state index in [9.17, 15) is 9.59 Å². The third-order valence-corrected chi connectivity index (χ3v) is 3.60. The molecule has 7 heteroatoms. The summed E-state index contributed by atoms with van der Waals surface area (Å²) in [7, 11) is 4.00. The highest BCUT2D eigenvalue weighted by Crippen LogP contribution is 2.18. The van der Waals surface area contributed by atoms with E-state index in [4.69, 9.17) is 5.11 Å².